The summed E-state index contributed by atoms with van der Waals surface area (Å²) in [4.78, 5) is 12.5. The van der Waals surface area contributed by atoms with Crippen LogP contribution in [0.2, 0.25) is 0 Å². The van der Waals surface area contributed by atoms with E-state index in [2.05, 4.69) is 19.2 Å². The number of nitrogens with one attached hydrogen (secondary N) is 1. The number of carbonyl (C=O) groups excluding carboxylic acids is 1. The summed E-state index contributed by atoms with van der Waals surface area (Å²) in [5, 5.41) is 7.37. The summed E-state index contributed by atoms with van der Waals surface area (Å²) < 4.78 is 15.9. The molecule has 136 valence electrons. The van der Waals surface area contributed by atoms with Crippen LogP contribution in [0.3, 0.4) is 0 Å². The van der Waals surface area contributed by atoms with E-state index in [4.69, 9.17) is 4.74 Å². The Balaban J connectivity index is 1.65. The fourth-order valence-corrected chi connectivity index (χ4v) is 3.16. The van der Waals surface area contributed by atoms with Crippen LogP contribution in [0.5, 0.6) is 5.75 Å². The molecule has 2 heterocycles. The third-order valence-corrected chi connectivity index (χ3v) is 4.82. The molecule has 7 nitrogen and oxygen atoms in total. The minimum Gasteiger partial charge on any atom is -0.487 e. The van der Waals surface area contributed by atoms with Gasteiger partial charge in [-0.2, -0.15) is 13.8 Å². The van der Waals surface area contributed by atoms with E-state index in [1.165, 1.54) is 11.7 Å². The van der Waals surface area contributed by atoms with Crippen LogP contribution in [-0.2, 0) is 13.2 Å². The smallest absolute Gasteiger partial charge is 0.255 e. The third kappa shape index (κ3) is 3.75. The molecule has 1 amide bonds. The Hall–Kier alpha value is -2.74. The molecule has 0 bridgehead atoms. The second-order valence-electron chi connectivity index (χ2n) is 5.93. The Morgan fingerprint density at radius 3 is 2.46 bits per heavy atom. The van der Waals surface area contributed by atoms with Gasteiger partial charge >= 0.3 is 0 Å². The average Bonchev–Trinajstić information content (AvgIpc) is 3.17. The molecule has 1 aromatic carbocycles. The van der Waals surface area contributed by atoms with Crippen LogP contribution in [0.15, 0.2) is 24.3 Å². The molecule has 0 fully saturated rings. The SMILES string of the molecule is CCn1nc(C)c(NC(=O)c2ccc(OCc3nsnc3C)cc2)c1C. The predicted molar refractivity (Wildman–Crippen MR) is 101 cm³/mol. The monoisotopic (exact) mass is 371 g/mol. The van der Waals surface area contributed by atoms with E-state index in [0.717, 1.165) is 35.0 Å². The number of aryl methyl sites for hydroxylation is 3. The summed E-state index contributed by atoms with van der Waals surface area (Å²) in [6, 6.07) is 7.04. The fraction of sp³-hybridized carbons (Fsp3) is 0.333. The van der Waals surface area contributed by atoms with Crippen molar-refractivity contribution in [1.29, 1.82) is 0 Å². The van der Waals surface area contributed by atoms with Gasteiger partial charge in [-0.05, 0) is 52.0 Å². The molecule has 3 rings (SSSR count). The van der Waals surface area contributed by atoms with Crippen molar-refractivity contribution in [1.82, 2.24) is 18.5 Å². The maximum Gasteiger partial charge on any atom is 0.255 e. The number of carbonyl (C=O) groups is 1. The molecule has 0 saturated heterocycles. The average molecular weight is 371 g/mol. The van der Waals surface area contributed by atoms with Crippen LogP contribution in [0, 0.1) is 20.8 Å². The Labute approximate surface area is 156 Å². The molecule has 0 aliphatic rings. The summed E-state index contributed by atoms with van der Waals surface area (Å²) in [6.45, 7) is 8.89. The lowest BCUT2D eigenvalue weighted by Crippen LogP contribution is -2.13. The topological polar surface area (TPSA) is 81.9 Å². The van der Waals surface area contributed by atoms with Gasteiger partial charge in [0.2, 0.25) is 0 Å². The summed E-state index contributed by atoms with van der Waals surface area (Å²) in [5.74, 6) is 0.512. The van der Waals surface area contributed by atoms with Crippen molar-refractivity contribution in [2.75, 3.05) is 5.32 Å². The molecular formula is C18H21N5O2S. The second kappa shape index (κ2) is 7.65. The Morgan fingerprint density at radius 1 is 1.15 bits per heavy atom. The highest BCUT2D eigenvalue weighted by molar-refractivity contribution is 6.99. The maximum atomic E-state index is 12.5. The van der Waals surface area contributed by atoms with Gasteiger partial charge in [-0.15, -0.1) is 0 Å². The number of anilines is 1. The fourth-order valence-electron chi connectivity index (χ4n) is 2.61. The lowest BCUT2D eigenvalue weighted by molar-refractivity contribution is 0.102. The Kier molecular flexibility index (Phi) is 5.32. The predicted octanol–water partition coefficient (Wildman–Crippen LogP) is 3.51. The van der Waals surface area contributed by atoms with Gasteiger partial charge in [-0.1, -0.05) is 0 Å². The van der Waals surface area contributed by atoms with E-state index in [1.807, 2.05) is 32.4 Å². The zero-order valence-corrected chi connectivity index (χ0v) is 16.1. The molecular weight excluding hydrogens is 350 g/mol. The van der Waals surface area contributed by atoms with Crippen LogP contribution >= 0.6 is 11.7 Å². The van der Waals surface area contributed by atoms with Gasteiger partial charge in [-0.25, -0.2) is 0 Å². The van der Waals surface area contributed by atoms with Crippen LogP contribution in [0.1, 0.15) is 40.1 Å². The first-order chi connectivity index (χ1) is 12.5. The van der Waals surface area contributed by atoms with Crippen molar-refractivity contribution in [2.24, 2.45) is 0 Å². The molecule has 0 unspecified atom stereocenters. The van der Waals surface area contributed by atoms with Crippen molar-refractivity contribution in [3.8, 4) is 5.75 Å². The normalized spacial score (nSPS) is 10.8. The first-order valence-electron chi connectivity index (χ1n) is 8.35. The van der Waals surface area contributed by atoms with Crippen molar-refractivity contribution in [2.45, 2.75) is 40.8 Å². The van der Waals surface area contributed by atoms with Crippen molar-refractivity contribution in [3.63, 3.8) is 0 Å². The van der Waals surface area contributed by atoms with E-state index < -0.39 is 0 Å². The molecule has 26 heavy (non-hydrogen) atoms. The third-order valence-electron chi connectivity index (χ3n) is 4.16. The van der Waals surface area contributed by atoms with Gasteiger partial charge in [0.25, 0.3) is 5.91 Å². The molecule has 0 saturated carbocycles. The van der Waals surface area contributed by atoms with E-state index in [9.17, 15) is 4.79 Å². The van der Waals surface area contributed by atoms with E-state index >= 15 is 0 Å². The lowest BCUT2D eigenvalue weighted by atomic mass is 10.2. The van der Waals surface area contributed by atoms with E-state index in [0.29, 0.717) is 17.9 Å². The maximum absolute atomic E-state index is 12.5. The largest absolute Gasteiger partial charge is 0.487 e. The van der Waals surface area contributed by atoms with Crippen LogP contribution in [-0.4, -0.2) is 24.4 Å². The van der Waals surface area contributed by atoms with Gasteiger partial charge < -0.3 is 10.1 Å². The summed E-state index contributed by atoms with van der Waals surface area (Å²) >= 11 is 1.17. The van der Waals surface area contributed by atoms with E-state index in [1.54, 1.807) is 24.3 Å². The first kappa shape index (κ1) is 18.1. The number of rotatable bonds is 6. The van der Waals surface area contributed by atoms with Crippen LogP contribution in [0.4, 0.5) is 5.69 Å². The van der Waals surface area contributed by atoms with Crippen molar-refractivity contribution >= 4 is 23.3 Å². The zero-order valence-electron chi connectivity index (χ0n) is 15.2. The second-order valence-corrected chi connectivity index (χ2v) is 6.45. The molecule has 0 aliphatic heterocycles. The quantitative estimate of drug-likeness (QED) is 0.717. The van der Waals surface area contributed by atoms with E-state index in [-0.39, 0.29) is 5.91 Å². The number of benzene rings is 1. The van der Waals surface area contributed by atoms with Gasteiger partial charge in [-0.3, -0.25) is 9.48 Å². The van der Waals surface area contributed by atoms with Gasteiger partial charge in [0.05, 0.1) is 34.5 Å². The molecule has 1 N–H and O–H groups in total. The number of aromatic nitrogens is 4. The van der Waals surface area contributed by atoms with Crippen molar-refractivity contribution < 1.29 is 9.53 Å². The number of hydrogen-bond donors (Lipinski definition) is 1. The Bertz CT molecular complexity index is 914. The molecule has 0 aliphatic carbocycles. The summed E-state index contributed by atoms with van der Waals surface area (Å²) in [5.41, 5.74) is 4.80. The first-order valence-corrected chi connectivity index (χ1v) is 9.09. The number of hydrogen-bond acceptors (Lipinski definition) is 6. The molecule has 8 heteroatoms. The molecule has 3 aromatic rings. The van der Waals surface area contributed by atoms with Crippen molar-refractivity contribution in [3.05, 3.63) is 52.6 Å². The minimum atomic E-state index is -0.169. The highest BCUT2D eigenvalue weighted by Gasteiger charge is 2.14. The number of nitrogens with zero attached hydrogens (tertiary/aromatic N) is 4. The lowest BCUT2D eigenvalue weighted by Gasteiger charge is -2.08. The van der Waals surface area contributed by atoms with Gasteiger partial charge in [0.15, 0.2) is 0 Å². The number of ether oxygens (including phenoxy) is 1. The van der Waals surface area contributed by atoms with Gasteiger partial charge in [0, 0.05) is 12.1 Å². The minimum absolute atomic E-state index is 0.169. The molecule has 0 radical (unpaired) electrons. The highest BCUT2D eigenvalue weighted by atomic mass is 32.1. The standard InChI is InChI=1S/C18H21N5O2S/c1-5-23-13(4)17(12(3)20-23)19-18(24)14-6-8-15(9-7-14)25-10-16-11(2)21-26-22-16/h6-9H,5,10H2,1-4H3,(H,19,24). The molecule has 0 atom stereocenters. The highest BCUT2D eigenvalue weighted by Crippen LogP contribution is 2.21. The summed E-state index contributed by atoms with van der Waals surface area (Å²) in [7, 11) is 0. The van der Waals surface area contributed by atoms with Gasteiger partial charge in [0.1, 0.15) is 18.1 Å². The van der Waals surface area contributed by atoms with Crippen LogP contribution < -0.4 is 10.1 Å². The Morgan fingerprint density at radius 2 is 1.88 bits per heavy atom. The van der Waals surface area contributed by atoms with Crippen LogP contribution in [0.25, 0.3) is 0 Å². The summed E-state index contributed by atoms with van der Waals surface area (Å²) in [6.07, 6.45) is 0. The molecule has 0 spiro atoms. The number of amides is 1. The molecule has 2 aromatic heterocycles. The zero-order chi connectivity index (χ0) is 18.7.